The Morgan fingerprint density at radius 1 is 1.38 bits per heavy atom. The van der Waals surface area contributed by atoms with Crippen LogP contribution < -0.4 is 5.32 Å². The Bertz CT molecular complexity index is 176. The minimum absolute atomic E-state index is 0.170. The van der Waals surface area contributed by atoms with Crippen LogP contribution in [-0.4, -0.2) is 36.6 Å². The van der Waals surface area contributed by atoms with Crippen LogP contribution in [-0.2, 0) is 0 Å². The largest absolute Gasteiger partial charge is 0.391 e. The third-order valence-corrected chi connectivity index (χ3v) is 2.16. The van der Waals surface area contributed by atoms with Crippen LogP contribution in [0.4, 0.5) is 17.6 Å². The van der Waals surface area contributed by atoms with Gasteiger partial charge in [0.15, 0.2) is 0 Å². The highest BCUT2D eigenvalue weighted by molar-refractivity contribution is 4.85. The monoisotopic (exact) mass is 201 g/mol. The smallest absolute Gasteiger partial charge is 0.307 e. The Balaban J connectivity index is 2.47. The molecule has 0 spiro atoms. The molecule has 0 amide bonds. The van der Waals surface area contributed by atoms with Gasteiger partial charge in [-0.05, 0) is 0 Å². The number of aliphatic hydroxyl groups excluding tert-OH is 1. The molecule has 2 nitrogen and oxygen atoms in total. The van der Waals surface area contributed by atoms with Crippen molar-refractivity contribution in [1.82, 2.24) is 5.32 Å². The minimum atomic E-state index is -3.99. The lowest BCUT2D eigenvalue weighted by Crippen LogP contribution is -2.33. The number of alkyl halides is 4. The van der Waals surface area contributed by atoms with Gasteiger partial charge in [0.25, 0.3) is 0 Å². The van der Waals surface area contributed by atoms with E-state index in [-0.39, 0.29) is 13.1 Å². The fourth-order valence-corrected chi connectivity index (χ4v) is 1.37. The van der Waals surface area contributed by atoms with Gasteiger partial charge in [0.2, 0.25) is 0 Å². The highest BCUT2D eigenvalue weighted by Crippen LogP contribution is 2.32. The summed E-state index contributed by atoms with van der Waals surface area (Å²) in [6.45, 7) is 0.369. The molecule has 1 aliphatic heterocycles. The number of aliphatic hydroxyl groups is 1. The van der Waals surface area contributed by atoms with Crippen molar-refractivity contribution in [1.29, 1.82) is 0 Å². The van der Waals surface area contributed by atoms with Crippen molar-refractivity contribution >= 4 is 0 Å². The summed E-state index contributed by atoms with van der Waals surface area (Å²) in [6, 6.07) is 0. The quantitative estimate of drug-likeness (QED) is 0.664. The predicted molar refractivity (Wildman–Crippen MR) is 37.9 cm³/mol. The van der Waals surface area contributed by atoms with E-state index in [4.69, 9.17) is 5.11 Å². The zero-order valence-electron chi connectivity index (χ0n) is 6.81. The second kappa shape index (κ2) is 3.79. The summed E-state index contributed by atoms with van der Waals surface area (Å²) in [5, 5.41) is 11.7. The average molecular weight is 201 g/mol. The fourth-order valence-electron chi connectivity index (χ4n) is 1.37. The third kappa shape index (κ3) is 2.54. The molecule has 13 heavy (non-hydrogen) atoms. The highest BCUT2D eigenvalue weighted by atomic mass is 19.3. The van der Waals surface area contributed by atoms with Gasteiger partial charge >= 0.3 is 12.3 Å². The second-order valence-electron chi connectivity index (χ2n) is 3.25. The van der Waals surface area contributed by atoms with E-state index in [1.54, 1.807) is 0 Å². The molecule has 1 heterocycles. The van der Waals surface area contributed by atoms with Crippen LogP contribution in [0, 0.1) is 5.92 Å². The Hall–Kier alpha value is -0.360. The van der Waals surface area contributed by atoms with E-state index in [1.807, 2.05) is 0 Å². The first-order valence-electron chi connectivity index (χ1n) is 3.98. The first-order valence-corrected chi connectivity index (χ1v) is 3.98. The van der Waals surface area contributed by atoms with Gasteiger partial charge in [-0.2, -0.15) is 0 Å². The maximum absolute atomic E-state index is 12.5. The van der Waals surface area contributed by atoms with Crippen molar-refractivity contribution in [2.24, 2.45) is 5.92 Å². The molecule has 2 unspecified atom stereocenters. The molecule has 0 aromatic carbocycles. The molecule has 78 valence electrons. The molecule has 1 saturated heterocycles. The SMILES string of the molecule is OC1CNCC1CC(F)(F)C(F)F. The molecule has 6 heteroatoms. The van der Waals surface area contributed by atoms with Gasteiger partial charge in [-0.1, -0.05) is 0 Å². The zero-order chi connectivity index (χ0) is 10.1. The van der Waals surface area contributed by atoms with Gasteiger partial charge in [0, 0.05) is 25.4 Å². The van der Waals surface area contributed by atoms with Crippen LogP contribution in [0.1, 0.15) is 6.42 Å². The second-order valence-corrected chi connectivity index (χ2v) is 3.25. The van der Waals surface area contributed by atoms with Gasteiger partial charge in [-0.15, -0.1) is 0 Å². The molecule has 2 N–H and O–H groups in total. The molecule has 0 aromatic heterocycles. The summed E-state index contributed by atoms with van der Waals surface area (Å²) < 4.78 is 48.4. The standard InChI is InChI=1S/C7H11F4NO/c8-6(9)7(10,11)1-4-2-12-3-5(4)13/h4-6,12-13H,1-3H2. The Labute approximate surface area is 72.9 Å². The number of halogens is 4. The van der Waals surface area contributed by atoms with Crippen molar-refractivity contribution in [3.8, 4) is 0 Å². The van der Waals surface area contributed by atoms with Crippen LogP contribution in [0.2, 0.25) is 0 Å². The van der Waals surface area contributed by atoms with E-state index in [0.717, 1.165) is 0 Å². The summed E-state index contributed by atoms with van der Waals surface area (Å²) in [5.41, 5.74) is 0. The fraction of sp³-hybridized carbons (Fsp3) is 1.00. The van der Waals surface area contributed by atoms with Crippen molar-refractivity contribution in [3.63, 3.8) is 0 Å². The van der Waals surface area contributed by atoms with E-state index in [0.29, 0.717) is 0 Å². The first kappa shape index (κ1) is 10.7. The minimum Gasteiger partial charge on any atom is -0.391 e. The third-order valence-electron chi connectivity index (χ3n) is 2.16. The van der Waals surface area contributed by atoms with E-state index >= 15 is 0 Å². The van der Waals surface area contributed by atoms with Crippen molar-refractivity contribution < 1.29 is 22.7 Å². The Kier molecular flexibility index (Phi) is 3.13. The van der Waals surface area contributed by atoms with Crippen LogP contribution in [0.5, 0.6) is 0 Å². The molecule has 1 aliphatic rings. The summed E-state index contributed by atoms with van der Waals surface area (Å²) >= 11 is 0. The van der Waals surface area contributed by atoms with Crippen LogP contribution in [0.15, 0.2) is 0 Å². The van der Waals surface area contributed by atoms with Crippen molar-refractivity contribution in [2.75, 3.05) is 13.1 Å². The summed E-state index contributed by atoms with van der Waals surface area (Å²) in [5.74, 6) is -4.76. The topological polar surface area (TPSA) is 32.3 Å². The maximum atomic E-state index is 12.5. The van der Waals surface area contributed by atoms with Gasteiger partial charge in [0.1, 0.15) is 0 Å². The summed E-state index contributed by atoms with van der Waals surface area (Å²) in [4.78, 5) is 0. The molecule has 0 bridgehead atoms. The van der Waals surface area contributed by atoms with E-state index in [1.165, 1.54) is 0 Å². The zero-order valence-corrected chi connectivity index (χ0v) is 6.81. The van der Waals surface area contributed by atoms with Crippen molar-refractivity contribution in [3.05, 3.63) is 0 Å². The van der Waals surface area contributed by atoms with E-state index in [2.05, 4.69) is 5.32 Å². The molecule has 0 saturated carbocycles. The summed E-state index contributed by atoms with van der Waals surface area (Å²) in [6.07, 6.45) is -5.55. The van der Waals surface area contributed by atoms with Crippen LogP contribution in [0.25, 0.3) is 0 Å². The highest BCUT2D eigenvalue weighted by Gasteiger charge is 2.44. The lowest BCUT2D eigenvalue weighted by atomic mass is 9.98. The first-order chi connectivity index (χ1) is 5.93. The maximum Gasteiger partial charge on any atom is 0.307 e. The van der Waals surface area contributed by atoms with Gasteiger partial charge in [-0.3, -0.25) is 0 Å². The van der Waals surface area contributed by atoms with Crippen LogP contribution >= 0.6 is 0 Å². The molecule has 0 aromatic rings. The molecule has 0 radical (unpaired) electrons. The van der Waals surface area contributed by atoms with Gasteiger partial charge < -0.3 is 10.4 Å². The lowest BCUT2D eigenvalue weighted by molar-refractivity contribution is -0.144. The van der Waals surface area contributed by atoms with Gasteiger partial charge in [0.05, 0.1) is 6.10 Å². The molecule has 1 fully saturated rings. The molecular formula is C7H11F4NO. The average Bonchev–Trinajstić information content (AvgIpc) is 2.35. The summed E-state index contributed by atoms with van der Waals surface area (Å²) in [7, 11) is 0. The molecular weight excluding hydrogens is 190 g/mol. The number of rotatable bonds is 3. The molecule has 1 rings (SSSR count). The van der Waals surface area contributed by atoms with E-state index in [9.17, 15) is 17.6 Å². The number of hydrogen-bond donors (Lipinski definition) is 2. The number of β-amino-alcohol motifs (C(OH)–C–C–N with tert-alkyl or cyclic N) is 1. The van der Waals surface area contributed by atoms with Crippen molar-refractivity contribution in [2.45, 2.75) is 24.9 Å². The Morgan fingerprint density at radius 3 is 2.38 bits per heavy atom. The van der Waals surface area contributed by atoms with E-state index < -0.39 is 30.8 Å². The number of nitrogens with one attached hydrogen (secondary N) is 1. The molecule has 2 atom stereocenters. The predicted octanol–water partition coefficient (Wildman–Crippen LogP) is 0.857. The molecule has 0 aliphatic carbocycles. The van der Waals surface area contributed by atoms with Gasteiger partial charge in [-0.25, -0.2) is 17.6 Å². The van der Waals surface area contributed by atoms with Crippen LogP contribution in [0.3, 0.4) is 0 Å². The Morgan fingerprint density at radius 2 is 2.00 bits per heavy atom. The normalized spacial score (nSPS) is 30.0. The number of hydrogen-bond acceptors (Lipinski definition) is 2. The lowest BCUT2D eigenvalue weighted by Gasteiger charge is -2.20.